The molecule has 0 radical (unpaired) electrons. The van der Waals surface area contributed by atoms with Crippen molar-refractivity contribution in [3.05, 3.63) is 58.6 Å². The van der Waals surface area contributed by atoms with E-state index in [1.807, 2.05) is 56.4 Å². The fourth-order valence-electron chi connectivity index (χ4n) is 1.67. The average Bonchev–Trinajstić information content (AvgIpc) is 2.36. The summed E-state index contributed by atoms with van der Waals surface area (Å²) < 4.78 is 5.74. The molecular formula is C15H16ClNO. The summed E-state index contributed by atoms with van der Waals surface area (Å²) in [6, 6.07) is 13.7. The Morgan fingerprint density at radius 2 is 1.83 bits per heavy atom. The number of aryl methyl sites for hydroxylation is 1. The Kier molecular flexibility index (Phi) is 4.24. The molecule has 1 N–H and O–H groups in total. The predicted molar refractivity (Wildman–Crippen MR) is 75.5 cm³/mol. The summed E-state index contributed by atoms with van der Waals surface area (Å²) in [6.45, 7) is 2.84. The molecule has 0 saturated heterocycles. The van der Waals surface area contributed by atoms with E-state index in [0.717, 1.165) is 17.9 Å². The van der Waals surface area contributed by atoms with Crippen molar-refractivity contribution in [2.75, 3.05) is 7.05 Å². The number of hydrogen-bond donors (Lipinski definition) is 1. The lowest BCUT2D eigenvalue weighted by Crippen LogP contribution is -2.04. The summed E-state index contributed by atoms with van der Waals surface area (Å²) in [5.74, 6) is 1.48. The Hall–Kier alpha value is -1.51. The van der Waals surface area contributed by atoms with Crippen molar-refractivity contribution < 1.29 is 4.74 Å². The summed E-state index contributed by atoms with van der Waals surface area (Å²) in [7, 11) is 1.91. The van der Waals surface area contributed by atoms with Gasteiger partial charge in [-0.3, -0.25) is 0 Å². The first-order valence-corrected chi connectivity index (χ1v) is 6.24. The van der Waals surface area contributed by atoms with Gasteiger partial charge in [0.25, 0.3) is 0 Å². The highest BCUT2D eigenvalue weighted by atomic mass is 35.5. The first-order valence-electron chi connectivity index (χ1n) is 5.86. The van der Waals surface area contributed by atoms with Crippen molar-refractivity contribution >= 4 is 11.6 Å². The van der Waals surface area contributed by atoms with Crippen molar-refractivity contribution in [1.82, 2.24) is 5.32 Å². The molecule has 94 valence electrons. The molecule has 0 aliphatic rings. The van der Waals surface area contributed by atoms with Crippen molar-refractivity contribution in [1.29, 1.82) is 0 Å². The van der Waals surface area contributed by atoms with Crippen molar-refractivity contribution in [2.45, 2.75) is 13.5 Å². The highest BCUT2D eigenvalue weighted by molar-refractivity contribution is 6.32. The van der Waals surface area contributed by atoms with Crippen molar-refractivity contribution in [3.63, 3.8) is 0 Å². The van der Waals surface area contributed by atoms with Gasteiger partial charge in [0.1, 0.15) is 11.5 Å². The van der Waals surface area contributed by atoms with Gasteiger partial charge in [-0.25, -0.2) is 0 Å². The lowest BCUT2D eigenvalue weighted by molar-refractivity contribution is 0.482. The zero-order valence-corrected chi connectivity index (χ0v) is 11.3. The maximum atomic E-state index is 6.19. The van der Waals surface area contributed by atoms with Gasteiger partial charge in [0.05, 0.1) is 5.02 Å². The van der Waals surface area contributed by atoms with E-state index in [4.69, 9.17) is 16.3 Å². The van der Waals surface area contributed by atoms with Gasteiger partial charge in [0.2, 0.25) is 0 Å². The van der Waals surface area contributed by atoms with Crippen LogP contribution in [-0.4, -0.2) is 7.05 Å². The SMILES string of the molecule is CNCc1ccc(Oc2ccc(C)cc2)c(Cl)c1. The lowest BCUT2D eigenvalue weighted by atomic mass is 10.2. The Labute approximate surface area is 113 Å². The van der Waals surface area contributed by atoms with Gasteiger partial charge in [0.15, 0.2) is 0 Å². The van der Waals surface area contributed by atoms with Crippen LogP contribution >= 0.6 is 11.6 Å². The second-order valence-electron chi connectivity index (χ2n) is 4.21. The van der Waals surface area contributed by atoms with E-state index in [0.29, 0.717) is 10.8 Å². The second-order valence-corrected chi connectivity index (χ2v) is 4.62. The minimum absolute atomic E-state index is 0.628. The molecule has 2 nitrogen and oxygen atoms in total. The summed E-state index contributed by atoms with van der Waals surface area (Å²) in [5, 5.41) is 3.72. The maximum absolute atomic E-state index is 6.19. The van der Waals surface area contributed by atoms with Gasteiger partial charge in [-0.2, -0.15) is 0 Å². The van der Waals surface area contributed by atoms with E-state index in [2.05, 4.69) is 5.32 Å². The van der Waals surface area contributed by atoms with E-state index in [9.17, 15) is 0 Å². The number of halogens is 1. The Morgan fingerprint density at radius 1 is 1.11 bits per heavy atom. The van der Waals surface area contributed by atoms with E-state index < -0.39 is 0 Å². The molecule has 2 aromatic carbocycles. The molecule has 0 aliphatic carbocycles. The normalized spacial score (nSPS) is 10.4. The number of hydrogen-bond acceptors (Lipinski definition) is 2. The van der Waals surface area contributed by atoms with Gasteiger partial charge >= 0.3 is 0 Å². The largest absolute Gasteiger partial charge is 0.456 e. The van der Waals surface area contributed by atoms with Crippen LogP contribution in [0.1, 0.15) is 11.1 Å². The van der Waals surface area contributed by atoms with Crippen LogP contribution in [0.15, 0.2) is 42.5 Å². The number of rotatable bonds is 4. The number of ether oxygens (including phenoxy) is 1. The van der Waals surface area contributed by atoms with Crippen LogP contribution < -0.4 is 10.1 Å². The lowest BCUT2D eigenvalue weighted by Gasteiger charge is -2.09. The van der Waals surface area contributed by atoms with Crippen LogP contribution in [0.3, 0.4) is 0 Å². The Balaban J connectivity index is 2.16. The molecule has 0 spiro atoms. The fourth-order valence-corrected chi connectivity index (χ4v) is 1.92. The monoisotopic (exact) mass is 261 g/mol. The Morgan fingerprint density at radius 3 is 2.44 bits per heavy atom. The zero-order chi connectivity index (χ0) is 13.0. The smallest absolute Gasteiger partial charge is 0.146 e. The van der Waals surface area contributed by atoms with E-state index in [-0.39, 0.29) is 0 Å². The number of nitrogens with one attached hydrogen (secondary N) is 1. The second kappa shape index (κ2) is 5.89. The highest BCUT2D eigenvalue weighted by Gasteiger charge is 2.04. The van der Waals surface area contributed by atoms with Gasteiger partial charge < -0.3 is 10.1 Å². The molecule has 0 heterocycles. The van der Waals surface area contributed by atoms with Crippen LogP contribution in [-0.2, 0) is 6.54 Å². The quantitative estimate of drug-likeness (QED) is 0.892. The van der Waals surface area contributed by atoms with Gasteiger partial charge in [-0.05, 0) is 43.8 Å². The molecule has 2 rings (SSSR count). The van der Waals surface area contributed by atoms with Gasteiger partial charge in [-0.15, -0.1) is 0 Å². The molecule has 0 unspecified atom stereocenters. The number of benzene rings is 2. The summed E-state index contributed by atoms with van der Waals surface area (Å²) >= 11 is 6.19. The molecule has 0 fully saturated rings. The molecule has 0 amide bonds. The molecular weight excluding hydrogens is 246 g/mol. The summed E-state index contributed by atoms with van der Waals surface area (Å²) in [6.07, 6.45) is 0. The van der Waals surface area contributed by atoms with Crippen LogP contribution in [0.4, 0.5) is 0 Å². The minimum atomic E-state index is 0.628. The molecule has 0 aromatic heterocycles. The van der Waals surface area contributed by atoms with Crippen LogP contribution in [0, 0.1) is 6.92 Å². The molecule has 18 heavy (non-hydrogen) atoms. The average molecular weight is 262 g/mol. The van der Waals surface area contributed by atoms with Crippen LogP contribution in [0.25, 0.3) is 0 Å². The fraction of sp³-hybridized carbons (Fsp3) is 0.200. The molecule has 0 aliphatic heterocycles. The summed E-state index contributed by atoms with van der Waals surface area (Å²) in [5.41, 5.74) is 2.34. The summed E-state index contributed by atoms with van der Waals surface area (Å²) in [4.78, 5) is 0. The molecule has 2 aromatic rings. The first kappa shape index (κ1) is 12.9. The third kappa shape index (κ3) is 3.25. The minimum Gasteiger partial charge on any atom is -0.456 e. The van der Waals surface area contributed by atoms with Gasteiger partial charge in [-0.1, -0.05) is 35.4 Å². The predicted octanol–water partition coefficient (Wildman–Crippen LogP) is 4.16. The van der Waals surface area contributed by atoms with Crippen molar-refractivity contribution in [2.24, 2.45) is 0 Å². The Bertz CT molecular complexity index is 523. The zero-order valence-electron chi connectivity index (χ0n) is 10.5. The maximum Gasteiger partial charge on any atom is 0.146 e. The van der Waals surface area contributed by atoms with E-state index in [1.165, 1.54) is 5.56 Å². The van der Waals surface area contributed by atoms with Crippen molar-refractivity contribution in [3.8, 4) is 11.5 Å². The molecule has 0 atom stereocenters. The molecule has 0 saturated carbocycles. The third-order valence-electron chi connectivity index (χ3n) is 2.63. The van der Waals surface area contributed by atoms with E-state index in [1.54, 1.807) is 0 Å². The van der Waals surface area contributed by atoms with Crippen LogP contribution in [0.2, 0.25) is 5.02 Å². The first-order chi connectivity index (χ1) is 8.69. The third-order valence-corrected chi connectivity index (χ3v) is 2.92. The molecule has 3 heteroatoms. The van der Waals surface area contributed by atoms with Crippen LogP contribution in [0.5, 0.6) is 11.5 Å². The van der Waals surface area contributed by atoms with E-state index >= 15 is 0 Å². The molecule has 0 bridgehead atoms. The standard InChI is InChI=1S/C15H16ClNO/c1-11-3-6-13(7-4-11)18-15-8-5-12(10-17-2)9-14(15)16/h3-9,17H,10H2,1-2H3. The van der Waals surface area contributed by atoms with Gasteiger partial charge in [0, 0.05) is 6.54 Å². The topological polar surface area (TPSA) is 21.3 Å². The highest BCUT2D eigenvalue weighted by Crippen LogP contribution is 2.30.